The van der Waals surface area contributed by atoms with Crippen LogP contribution in [0, 0.1) is 6.92 Å². The van der Waals surface area contributed by atoms with Gasteiger partial charge in [-0.05, 0) is 36.8 Å². The molecule has 0 radical (unpaired) electrons. The summed E-state index contributed by atoms with van der Waals surface area (Å²) in [7, 11) is 0. The molecule has 0 atom stereocenters. The summed E-state index contributed by atoms with van der Waals surface area (Å²) in [6.45, 7) is 5.90. The molecular formula is C20H22ClN3O3. The number of hydrogen-bond acceptors (Lipinski definition) is 4. The third-order valence-corrected chi connectivity index (χ3v) is 5.38. The van der Waals surface area contributed by atoms with Crippen LogP contribution in [0.5, 0.6) is 11.5 Å². The van der Waals surface area contributed by atoms with E-state index < -0.39 is 0 Å². The Morgan fingerprint density at radius 3 is 2.56 bits per heavy atom. The van der Waals surface area contributed by atoms with Crippen molar-refractivity contribution in [3.8, 4) is 11.5 Å². The highest BCUT2D eigenvalue weighted by atomic mass is 35.5. The van der Waals surface area contributed by atoms with Gasteiger partial charge in [0.1, 0.15) is 13.2 Å². The van der Waals surface area contributed by atoms with E-state index in [0.29, 0.717) is 31.3 Å². The summed E-state index contributed by atoms with van der Waals surface area (Å²) in [5.41, 5.74) is 2.72. The van der Waals surface area contributed by atoms with E-state index >= 15 is 0 Å². The standard InChI is InChI=1S/C20H22ClN3O3/c1-14-16(21)3-2-4-17(14)22-20(25)24-9-7-23(8-10-24)15-5-6-18-19(13-15)27-12-11-26-18/h2-6,13H,7-12H2,1H3,(H,22,25). The molecular weight excluding hydrogens is 366 g/mol. The van der Waals surface area contributed by atoms with Crippen LogP contribution in [0.2, 0.25) is 5.02 Å². The van der Waals surface area contributed by atoms with E-state index in [1.165, 1.54) is 0 Å². The maximum Gasteiger partial charge on any atom is 0.321 e. The lowest BCUT2D eigenvalue weighted by Gasteiger charge is -2.36. The van der Waals surface area contributed by atoms with Crippen molar-refractivity contribution in [2.75, 3.05) is 49.6 Å². The second kappa shape index (κ2) is 7.56. The first-order valence-corrected chi connectivity index (χ1v) is 9.45. The molecule has 0 spiro atoms. The van der Waals surface area contributed by atoms with E-state index in [9.17, 15) is 4.79 Å². The van der Waals surface area contributed by atoms with E-state index in [4.69, 9.17) is 21.1 Å². The Morgan fingerprint density at radius 2 is 1.78 bits per heavy atom. The number of ether oxygens (including phenoxy) is 2. The Bertz CT molecular complexity index is 850. The largest absolute Gasteiger partial charge is 0.486 e. The Balaban J connectivity index is 1.37. The number of benzene rings is 2. The third kappa shape index (κ3) is 3.76. The van der Waals surface area contributed by atoms with Gasteiger partial charge in [-0.2, -0.15) is 0 Å². The number of carbonyl (C=O) groups is 1. The molecule has 2 aromatic carbocycles. The number of urea groups is 1. The summed E-state index contributed by atoms with van der Waals surface area (Å²) < 4.78 is 11.2. The first kappa shape index (κ1) is 17.8. The number of fused-ring (bicyclic) bond motifs is 1. The molecule has 27 heavy (non-hydrogen) atoms. The van der Waals surface area contributed by atoms with Gasteiger partial charge in [0.15, 0.2) is 11.5 Å². The lowest BCUT2D eigenvalue weighted by molar-refractivity contribution is 0.171. The molecule has 142 valence electrons. The number of anilines is 2. The number of nitrogens with zero attached hydrogens (tertiary/aromatic N) is 2. The van der Waals surface area contributed by atoms with Crippen LogP contribution in [0.15, 0.2) is 36.4 Å². The highest BCUT2D eigenvalue weighted by Gasteiger charge is 2.23. The first-order valence-electron chi connectivity index (χ1n) is 9.07. The molecule has 1 fully saturated rings. The van der Waals surface area contributed by atoms with Crippen molar-refractivity contribution in [1.29, 1.82) is 0 Å². The Morgan fingerprint density at radius 1 is 1.04 bits per heavy atom. The minimum absolute atomic E-state index is 0.0952. The van der Waals surface area contributed by atoms with E-state index in [2.05, 4.69) is 10.2 Å². The quantitative estimate of drug-likeness (QED) is 0.852. The van der Waals surface area contributed by atoms with Gasteiger partial charge in [0.05, 0.1) is 0 Å². The third-order valence-electron chi connectivity index (χ3n) is 4.97. The van der Waals surface area contributed by atoms with Gasteiger partial charge in [-0.3, -0.25) is 0 Å². The summed E-state index contributed by atoms with van der Waals surface area (Å²) in [6.07, 6.45) is 0. The molecule has 0 bridgehead atoms. The number of hydrogen-bond donors (Lipinski definition) is 1. The molecule has 0 aromatic heterocycles. The molecule has 2 aliphatic heterocycles. The molecule has 4 rings (SSSR count). The summed E-state index contributed by atoms with van der Waals surface area (Å²) in [5, 5.41) is 3.61. The van der Waals surface area contributed by atoms with Gasteiger partial charge >= 0.3 is 6.03 Å². The Hall–Kier alpha value is -2.60. The SMILES string of the molecule is Cc1c(Cl)cccc1NC(=O)N1CCN(c2ccc3c(c2)OCCO3)CC1. The van der Waals surface area contributed by atoms with Crippen LogP contribution in [-0.2, 0) is 0 Å². The van der Waals surface area contributed by atoms with Crippen LogP contribution in [0.4, 0.5) is 16.2 Å². The average molecular weight is 388 g/mol. The van der Waals surface area contributed by atoms with Crippen LogP contribution in [0.3, 0.4) is 0 Å². The zero-order valence-electron chi connectivity index (χ0n) is 15.2. The summed E-state index contributed by atoms with van der Waals surface area (Å²) >= 11 is 6.13. The topological polar surface area (TPSA) is 54.0 Å². The van der Waals surface area contributed by atoms with Gasteiger partial charge in [-0.25, -0.2) is 4.79 Å². The monoisotopic (exact) mass is 387 g/mol. The van der Waals surface area contributed by atoms with Crippen molar-refractivity contribution in [3.05, 3.63) is 47.0 Å². The average Bonchev–Trinajstić information content (AvgIpc) is 2.71. The fourth-order valence-corrected chi connectivity index (χ4v) is 3.51. The van der Waals surface area contributed by atoms with Gasteiger partial charge < -0.3 is 24.6 Å². The van der Waals surface area contributed by atoms with Gasteiger partial charge in [-0.15, -0.1) is 0 Å². The summed E-state index contributed by atoms with van der Waals surface area (Å²) in [4.78, 5) is 16.7. The van der Waals surface area contributed by atoms with Crippen molar-refractivity contribution >= 4 is 29.0 Å². The zero-order valence-corrected chi connectivity index (χ0v) is 16.0. The first-order chi connectivity index (χ1) is 13.1. The normalized spacial score (nSPS) is 16.2. The highest BCUT2D eigenvalue weighted by molar-refractivity contribution is 6.31. The van der Waals surface area contributed by atoms with Gasteiger partial charge in [0, 0.05) is 48.6 Å². The van der Waals surface area contributed by atoms with Gasteiger partial charge in [0.25, 0.3) is 0 Å². The number of amides is 2. The van der Waals surface area contributed by atoms with Crippen molar-refractivity contribution in [2.24, 2.45) is 0 Å². The van der Waals surface area contributed by atoms with Crippen LogP contribution >= 0.6 is 11.6 Å². The maximum atomic E-state index is 12.6. The molecule has 2 aromatic rings. The lowest BCUT2D eigenvalue weighted by Crippen LogP contribution is -2.50. The van der Waals surface area contributed by atoms with E-state index in [-0.39, 0.29) is 6.03 Å². The predicted octanol–water partition coefficient (Wildman–Crippen LogP) is 3.77. The number of rotatable bonds is 2. The van der Waals surface area contributed by atoms with E-state index in [1.807, 2.05) is 48.2 Å². The lowest BCUT2D eigenvalue weighted by atomic mass is 10.2. The van der Waals surface area contributed by atoms with Crippen LogP contribution in [0.1, 0.15) is 5.56 Å². The number of carbonyl (C=O) groups excluding carboxylic acids is 1. The molecule has 1 N–H and O–H groups in total. The minimum Gasteiger partial charge on any atom is -0.486 e. The van der Waals surface area contributed by atoms with Gasteiger partial charge in [-0.1, -0.05) is 17.7 Å². The molecule has 0 unspecified atom stereocenters. The number of halogens is 1. The second-order valence-electron chi connectivity index (χ2n) is 6.64. The molecule has 7 heteroatoms. The maximum absolute atomic E-state index is 12.6. The Kier molecular flexibility index (Phi) is 4.99. The van der Waals surface area contributed by atoms with Crippen molar-refractivity contribution in [3.63, 3.8) is 0 Å². The van der Waals surface area contributed by atoms with Crippen LogP contribution in [-0.4, -0.2) is 50.3 Å². The zero-order chi connectivity index (χ0) is 18.8. The molecule has 2 amide bonds. The van der Waals surface area contributed by atoms with Crippen molar-refractivity contribution < 1.29 is 14.3 Å². The highest BCUT2D eigenvalue weighted by Crippen LogP contribution is 2.34. The van der Waals surface area contributed by atoms with Crippen molar-refractivity contribution in [1.82, 2.24) is 4.90 Å². The predicted molar refractivity (Wildman–Crippen MR) is 106 cm³/mol. The molecule has 0 saturated carbocycles. The summed E-state index contributed by atoms with van der Waals surface area (Å²) in [5.74, 6) is 1.58. The fraction of sp³-hybridized carbons (Fsp3) is 0.350. The van der Waals surface area contributed by atoms with E-state index in [0.717, 1.165) is 41.5 Å². The summed E-state index contributed by atoms with van der Waals surface area (Å²) in [6, 6.07) is 11.4. The van der Waals surface area contributed by atoms with Crippen molar-refractivity contribution in [2.45, 2.75) is 6.92 Å². The van der Waals surface area contributed by atoms with Gasteiger partial charge in [0.2, 0.25) is 0 Å². The van der Waals surface area contributed by atoms with E-state index in [1.54, 1.807) is 0 Å². The second-order valence-corrected chi connectivity index (χ2v) is 7.05. The minimum atomic E-state index is -0.0952. The van der Waals surface area contributed by atoms with Crippen LogP contribution < -0.4 is 19.7 Å². The van der Waals surface area contributed by atoms with Crippen LogP contribution in [0.25, 0.3) is 0 Å². The molecule has 2 heterocycles. The molecule has 2 aliphatic rings. The molecule has 0 aliphatic carbocycles. The molecule has 6 nitrogen and oxygen atoms in total. The number of nitrogens with one attached hydrogen (secondary N) is 1. The smallest absolute Gasteiger partial charge is 0.321 e. The number of piperazine rings is 1. The Labute approximate surface area is 163 Å². The fourth-order valence-electron chi connectivity index (χ4n) is 3.33. The molecule has 1 saturated heterocycles.